The van der Waals surface area contributed by atoms with Crippen molar-refractivity contribution >= 4 is 18.7 Å². The van der Waals surface area contributed by atoms with Crippen LogP contribution in [0.15, 0.2) is 0 Å². The van der Waals surface area contributed by atoms with Crippen LogP contribution >= 0.6 is 11.6 Å². The predicted octanol–water partition coefficient (Wildman–Crippen LogP) is 3.50. The zero-order valence-corrected chi connectivity index (χ0v) is 12.8. The van der Waals surface area contributed by atoms with E-state index >= 15 is 0 Å². The number of rotatable bonds is 7. The highest BCUT2D eigenvalue weighted by Gasteiger charge is 2.38. The average molecular weight is 277 g/mol. The fourth-order valence-electron chi connectivity index (χ4n) is 2.47. The van der Waals surface area contributed by atoms with Crippen LogP contribution < -0.4 is 0 Å². The molecule has 1 saturated carbocycles. The Balaban J connectivity index is 2.44. The molecule has 0 aromatic heterocycles. The average Bonchev–Trinajstić information content (AvgIpc) is 2.38. The van der Waals surface area contributed by atoms with Crippen LogP contribution in [0.4, 0.5) is 0 Å². The molecule has 0 aliphatic heterocycles. The van der Waals surface area contributed by atoms with E-state index in [0.717, 1.165) is 25.7 Å². The van der Waals surface area contributed by atoms with Gasteiger partial charge < -0.3 is 14.0 Å². The van der Waals surface area contributed by atoms with Crippen molar-refractivity contribution in [1.82, 2.24) is 0 Å². The van der Waals surface area contributed by atoms with Crippen LogP contribution in [-0.2, 0) is 14.0 Å². The molecule has 3 nitrogen and oxygen atoms in total. The third-order valence-corrected chi connectivity index (χ3v) is 4.14. The Bertz CT molecular complexity index is 230. The van der Waals surface area contributed by atoms with Crippen molar-refractivity contribution in [3.8, 4) is 0 Å². The third-order valence-electron chi connectivity index (χ3n) is 3.68. The minimum absolute atomic E-state index is 0.0656. The van der Waals surface area contributed by atoms with Gasteiger partial charge in [0.15, 0.2) is 0 Å². The van der Waals surface area contributed by atoms with Gasteiger partial charge in [-0.05, 0) is 45.3 Å². The van der Waals surface area contributed by atoms with E-state index in [0.29, 0.717) is 12.4 Å². The van der Waals surface area contributed by atoms with E-state index in [2.05, 4.69) is 13.8 Å². The van der Waals surface area contributed by atoms with Crippen molar-refractivity contribution in [1.29, 1.82) is 0 Å². The van der Waals surface area contributed by atoms with Crippen LogP contribution in [0.5, 0.6) is 0 Å². The fourth-order valence-corrected chi connectivity index (χ4v) is 2.89. The second-order valence-electron chi connectivity index (χ2n) is 5.04. The molecule has 18 heavy (non-hydrogen) atoms. The lowest BCUT2D eigenvalue weighted by Gasteiger charge is -2.35. The van der Waals surface area contributed by atoms with E-state index in [1.807, 2.05) is 6.92 Å². The maximum Gasteiger partial charge on any atom is 0.460 e. The van der Waals surface area contributed by atoms with E-state index in [1.165, 1.54) is 0 Å². The summed E-state index contributed by atoms with van der Waals surface area (Å²) < 4.78 is 16.9. The SMILES string of the molecule is CCOB(OC)C1CCC(OC(C)CC)[C@H](Cl)C1. The van der Waals surface area contributed by atoms with Gasteiger partial charge in [-0.2, -0.15) is 0 Å². The van der Waals surface area contributed by atoms with Crippen LogP contribution in [0.1, 0.15) is 46.5 Å². The van der Waals surface area contributed by atoms with E-state index in [-0.39, 0.29) is 24.7 Å². The maximum atomic E-state index is 6.44. The van der Waals surface area contributed by atoms with Gasteiger partial charge in [-0.3, -0.25) is 0 Å². The first-order valence-electron chi connectivity index (χ1n) is 7.06. The molecule has 5 heteroatoms. The molecule has 0 amide bonds. The zero-order chi connectivity index (χ0) is 13.5. The van der Waals surface area contributed by atoms with E-state index < -0.39 is 0 Å². The smallest absolute Gasteiger partial charge is 0.414 e. The van der Waals surface area contributed by atoms with Gasteiger partial charge in [-0.25, -0.2) is 0 Å². The third kappa shape index (κ3) is 4.73. The van der Waals surface area contributed by atoms with Crippen LogP contribution in [0.25, 0.3) is 0 Å². The Labute approximate surface area is 117 Å². The number of hydrogen-bond acceptors (Lipinski definition) is 3. The molecule has 0 spiro atoms. The Morgan fingerprint density at radius 2 is 2.06 bits per heavy atom. The highest BCUT2D eigenvalue weighted by atomic mass is 35.5. The van der Waals surface area contributed by atoms with Crippen molar-refractivity contribution in [2.75, 3.05) is 13.7 Å². The Hall–Kier alpha value is 0.235. The van der Waals surface area contributed by atoms with Gasteiger partial charge in [0, 0.05) is 13.7 Å². The van der Waals surface area contributed by atoms with Gasteiger partial charge in [0.1, 0.15) is 0 Å². The summed E-state index contributed by atoms with van der Waals surface area (Å²) in [4.78, 5) is 0. The number of halogens is 1. The molecule has 3 unspecified atom stereocenters. The van der Waals surface area contributed by atoms with Crippen molar-refractivity contribution in [2.45, 2.75) is 69.9 Å². The lowest BCUT2D eigenvalue weighted by Crippen LogP contribution is -2.39. The van der Waals surface area contributed by atoms with Crippen LogP contribution in [0.3, 0.4) is 0 Å². The molecular weight excluding hydrogens is 250 g/mol. The van der Waals surface area contributed by atoms with Gasteiger partial charge in [0.2, 0.25) is 0 Å². The molecule has 0 bridgehead atoms. The van der Waals surface area contributed by atoms with Gasteiger partial charge >= 0.3 is 7.12 Å². The summed E-state index contributed by atoms with van der Waals surface area (Å²) in [6.45, 7) is 6.90. The highest BCUT2D eigenvalue weighted by molar-refractivity contribution is 6.46. The molecule has 0 aromatic carbocycles. The van der Waals surface area contributed by atoms with E-state index in [9.17, 15) is 0 Å². The normalized spacial score (nSPS) is 30.2. The molecular formula is C13H26BClO3. The molecule has 1 fully saturated rings. The first-order chi connectivity index (χ1) is 8.62. The lowest BCUT2D eigenvalue weighted by atomic mass is 9.63. The Kier molecular flexibility index (Phi) is 7.62. The Morgan fingerprint density at radius 3 is 2.56 bits per heavy atom. The molecule has 0 heterocycles. The molecule has 0 radical (unpaired) electrons. The predicted molar refractivity (Wildman–Crippen MR) is 76.3 cm³/mol. The molecule has 1 aliphatic carbocycles. The molecule has 1 aliphatic rings. The minimum Gasteiger partial charge on any atom is -0.414 e. The topological polar surface area (TPSA) is 27.7 Å². The monoisotopic (exact) mass is 276 g/mol. The van der Waals surface area contributed by atoms with Gasteiger partial charge in [-0.15, -0.1) is 11.6 Å². The highest BCUT2D eigenvalue weighted by Crippen LogP contribution is 2.36. The largest absolute Gasteiger partial charge is 0.460 e. The summed E-state index contributed by atoms with van der Waals surface area (Å²) in [5, 5.41) is 0.0656. The standard InChI is InChI=1S/C13H26BClO3/c1-5-10(3)18-13-8-7-11(9-12(13)15)14(16-4)17-6-2/h10-13H,5-9H2,1-4H3/t10?,11?,12-,13?/m1/s1. The van der Waals surface area contributed by atoms with Crippen molar-refractivity contribution in [3.05, 3.63) is 0 Å². The molecule has 106 valence electrons. The summed E-state index contributed by atoms with van der Waals surface area (Å²) in [5.74, 6) is 0.384. The summed E-state index contributed by atoms with van der Waals surface area (Å²) in [5.41, 5.74) is 0. The maximum absolute atomic E-state index is 6.44. The number of alkyl halides is 1. The van der Waals surface area contributed by atoms with Crippen molar-refractivity contribution < 1.29 is 14.0 Å². The van der Waals surface area contributed by atoms with Gasteiger partial charge in [-0.1, -0.05) is 6.92 Å². The second-order valence-corrected chi connectivity index (χ2v) is 5.60. The minimum atomic E-state index is -0.124. The van der Waals surface area contributed by atoms with Crippen molar-refractivity contribution in [2.24, 2.45) is 0 Å². The van der Waals surface area contributed by atoms with Crippen LogP contribution in [-0.4, -0.2) is 38.4 Å². The summed E-state index contributed by atoms with van der Waals surface area (Å²) in [7, 11) is 1.58. The first kappa shape index (κ1) is 16.3. The quantitative estimate of drug-likeness (QED) is 0.526. The Morgan fingerprint density at radius 1 is 1.33 bits per heavy atom. The lowest BCUT2D eigenvalue weighted by molar-refractivity contribution is -0.0209. The van der Waals surface area contributed by atoms with Gasteiger partial charge in [0.05, 0.1) is 17.6 Å². The van der Waals surface area contributed by atoms with E-state index in [1.54, 1.807) is 7.11 Å². The molecule has 1 rings (SSSR count). The molecule has 0 N–H and O–H groups in total. The first-order valence-corrected chi connectivity index (χ1v) is 7.49. The molecule has 0 saturated heterocycles. The van der Waals surface area contributed by atoms with E-state index in [4.69, 9.17) is 25.6 Å². The molecule has 0 aromatic rings. The summed E-state index contributed by atoms with van der Waals surface area (Å²) >= 11 is 6.44. The van der Waals surface area contributed by atoms with Crippen LogP contribution in [0, 0.1) is 0 Å². The summed E-state index contributed by atoms with van der Waals surface area (Å²) in [6, 6.07) is 0. The molecule has 4 atom stereocenters. The van der Waals surface area contributed by atoms with Crippen LogP contribution in [0.2, 0.25) is 5.82 Å². The summed E-state index contributed by atoms with van der Waals surface area (Å²) in [6.07, 6.45) is 4.46. The number of ether oxygens (including phenoxy) is 1. The zero-order valence-electron chi connectivity index (χ0n) is 12.0. The van der Waals surface area contributed by atoms with Gasteiger partial charge in [0.25, 0.3) is 0 Å². The van der Waals surface area contributed by atoms with Crippen molar-refractivity contribution in [3.63, 3.8) is 0 Å². The fraction of sp³-hybridized carbons (Fsp3) is 1.00. The second kappa shape index (κ2) is 8.41. The number of hydrogen-bond donors (Lipinski definition) is 0.